The van der Waals surface area contributed by atoms with Crippen LogP contribution in [0.3, 0.4) is 0 Å². The molecule has 1 heterocycles. The number of aromatic nitrogens is 1. The molecule has 0 saturated carbocycles. The van der Waals surface area contributed by atoms with Crippen LogP contribution in [0.25, 0.3) is 10.9 Å². The van der Waals surface area contributed by atoms with E-state index in [1.54, 1.807) is 12.1 Å². The molecule has 0 aliphatic rings. The molecular formula is C8H7BrClNO5S. The number of hydrogen-bond acceptors (Lipinski definition) is 3. The zero-order valence-corrected chi connectivity index (χ0v) is 11.2. The molecule has 0 radical (unpaired) electrons. The molecule has 0 spiro atoms. The summed E-state index contributed by atoms with van der Waals surface area (Å²) < 4.78 is 32.4. The number of halogens is 2. The molecule has 17 heavy (non-hydrogen) atoms. The molecule has 94 valence electrons. The van der Waals surface area contributed by atoms with Gasteiger partial charge in [-0.3, -0.25) is 9.11 Å². The van der Waals surface area contributed by atoms with E-state index in [4.69, 9.17) is 29.1 Å². The molecule has 0 aliphatic heterocycles. The Kier molecular flexibility index (Phi) is 4.39. The van der Waals surface area contributed by atoms with Crippen LogP contribution in [-0.4, -0.2) is 27.6 Å². The number of aromatic amines is 1. The van der Waals surface area contributed by atoms with Gasteiger partial charge in [-0.1, -0.05) is 11.6 Å². The van der Waals surface area contributed by atoms with Crippen LogP contribution >= 0.6 is 27.5 Å². The predicted octanol–water partition coefficient (Wildman–Crippen LogP) is 2.64. The molecule has 6 nitrogen and oxygen atoms in total. The topological polar surface area (TPSA) is 111 Å². The van der Waals surface area contributed by atoms with Gasteiger partial charge in [-0.2, -0.15) is 8.42 Å². The van der Waals surface area contributed by atoms with Gasteiger partial charge in [-0.05, 0) is 28.1 Å². The summed E-state index contributed by atoms with van der Waals surface area (Å²) in [4.78, 5) is 2.90. The van der Waals surface area contributed by atoms with E-state index < -0.39 is 10.4 Å². The van der Waals surface area contributed by atoms with Gasteiger partial charge < -0.3 is 10.1 Å². The number of aromatic hydroxyl groups is 1. The van der Waals surface area contributed by atoms with Crippen molar-refractivity contribution >= 4 is 48.8 Å². The predicted molar refractivity (Wildman–Crippen MR) is 66.9 cm³/mol. The van der Waals surface area contributed by atoms with Crippen molar-refractivity contribution < 1.29 is 22.6 Å². The lowest BCUT2D eigenvalue weighted by Gasteiger charge is -1.95. The molecule has 0 aliphatic carbocycles. The average molecular weight is 345 g/mol. The van der Waals surface area contributed by atoms with E-state index in [0.29, 0.717) is 5.02 Å². The SMILES string of the molecule is O=S(=O)(O)O.Oc1c[nH]c2cc(Cl)c(Br)cc12. The Hall–Kier alpha value is -0.800. The van der Waals surface area contributed by atoms with Gasteiger partial charge in [0.2, 0.25) is 0 Å². The van der Waals surface area contributed by atoms with Crippen LogP contribution in [0.4, 0.5) is 0 Å². The summed E-state index contributed by atoms with van der Waals surface area (Å²) in [5.74, 6) is 0.238. The van der Waals surface area contributed by atoms with E-state index in [-0.39, 0.29) is 5.75 Å². The quantitative estimate of drug-likeness (QED) is 0.549. The second kappa shape index (κ2) is 5.23. The van der Waals surface area contributed by atoms with Crippen LogP contribution in [0.5, 0.6) is 5.75 Å². The standard InChI is InChI=1S/C8H5BrClNO.H2O4S/c9-5-1-4-7(2-6(5)10)11-3-8(4)12;1-5(2,3)4/h1-3,11-12H;(H2,1,2,3,4). The highest BCUT2D eigenvalue weighted by molar-refractivity contribution is 9.10. The fourth-order valence-corrected chi connectivity index (χ4v) is 1.61. The Bertz CT molecular complexity index is 631. The van der Waals surface area contributed by atoms with Gasteiger partial charge >= 0.3 is 10.4 Å². The maximum Gasteiger partial charge on any atom is 0.394 e. The van der Waals surface area contributed by atoms with Crippen LogP contribution in [0.2, 0.25) is 5.02 Å². The van der Waals surface area contributed by atoms with Crippen molar-refractivity contribution in [2.75, 3.05) is 0 Å². The summed E-state index contributed by atoms with van der Waals surface area (Å²) in [6.07, 6.45) is 1.54. The number of hydrogen-bond donors (Lipinski definition) is 4. The third kappa shape index (κ3) is 4.52. The Morgan fingerprint density at radius 3 is 2.35 bits per heavy atom. The summed E-state index contributed by atoms with van der Waals surface area (Å²) in [6, 6.07) is 3.55. The molecule has 1 aromatic heterocycles. The maximum atomic E-state index is 9.33. The van der Waals surface area contributed by atoms with E-state index in [1.807, 2.05) is 0 Å². The molecule has 0 unspecified atom stereocenters. The van der Waals surface area contributed by atoms with Crippen molar-refractivity contribution in [2.45, 2.75) is 0 Å². The Labute approximate surface area is 110 Å². The second-order valence-electron chi connectivity index (χ2n) is 2.93. The first kappa shape index (κ1) is 14.3. The first-order valence-electron chi connectivity index (χ1n) is 4.03. The molecule has 0 saturated heterocycles. The van der Waals surface area contributed by atoms with Gasteiger partial charge in [-0.25, -0.2) is 0 Å². The molecule has 2 aromatic rings. The van der Waals surface area contributed by atoms with Gasteiger partial charge in [0.05, 0.1) is 10.5 Å². The lowest BCUT2D eigenvalue weighted by molar-refractivity contribution is 0.381. The minimum atomic E-state index is -4.67. The number of H-pyrrole nitrogens is 1. The van der Waals surface area contributed by atoms with Gasteiger partial charge in [0.15, 0.2) is 0 Å². The summed E-state index contributed by atoms with van der Waals surface area (Å²) in [6.45, 7) is 0. The molecular weight excluding hydrogens is 338 g/mol. The van der Waals surface area contributed by atoms with Crippen molar-refractivity contribution in [1.82, 2.24) is 4.98 Å². The van der Waals surface area contributed by atoms with E-state index in [9.17, 15) is 5.11 Å². The highest BCUT2D eigenvalue weighted by Gasteiger charge is 2.05. The fraction of sp³-hybridized carbons (Fsp3) is 0. The monoisotopic (exact) mass is 343 g/mol. The van der Waals surface area contributed by atoms with Gasteiger partial charge in [0.25, 0.3) is 0 Å². The van der Waals surface area contributed by atoms with Gasteiger partial charge in [0.1, 0.15) is 5.75 Å². The third-order valence-electron chi connectivity index (χ3n) is 1.70. The van der Waals surface area contributed by atoms with Crippen molar-refractivity contribution in [1.29, 1.82) is 0 Å². The van der Waals surface area contributed by atoms with Crippen LogP contribution in [0.1, 0.15) is 0 Å². The molecule has 0 bridgehead atoms. The van der Waals surface area contributed by atoms with E-state index >= 15 is 0 Å². The smallest absolute Gasteiger partial charge is 0.394 e. The van der Waals surface area contributed by atoms with Crippen molar-refractivity contribution in [3.05, 3.63) is 27.8 Å². The Morgan fingerprint density at radius 2 is 1.82 bits per heavy atom. The zero-order valence-electron chi connectivity index (χ0n) is 8.05. The number of benzene rings is 1. The number of rotatable bonds is 0. The lowest BCUT2D eigenvalue weighted by atomic mass is 10.2. The normalized spacial score (nSPS) is 11.1. The summed E-state index contributed by atoms with van der Waals surface area (Å²) in [5.41, 5.74) is 0.834. The van der Waals surface area contributed by atoms with E-state index in [1.165, 1.54) is 6.20 Å². The first-order chi connectivity index (χ1) is 7.68. The molecule has 2 rings (SSSR count). The molecule has 0 amide bonds. The molecule has 9 heteroatoms. The maximum absolute atomic E-state index is 9.33. The molecule has 1 aromatic carbocycles. The van der Waals surface area contributed by atoms with Crippen LogP contribution < -0.4 is 0 Å². The lowest BCUT2D eigenvalue weighted by Crippen LogP contribution is -1.89. The highest BCUT2D eigenvalue weighted by Crippen LogP contribution is 2.32. The van der Waals surface area contributed by atoms with Crippen molar-refractivity contribution in [3.8, 4) is 5.75 Å². The Morgan fingerprint density at radius 1 is 1.29 bits per heavy atom. The second-order valence-corrected chi connectivity index (χ2v) is 5.09. The van der Waals surface area contributed by atoms with Gasteiger partial charge in [-0.15, -0.1) is 0 Å². The molecule has 0 fully saturated rings. The summed E-state index contributed by atoms with van der Waals surface area (Å²) in [7, 11) is -4.67. The van der Waals surface area contributed by atoms with Crippen LogP contribution in [0.15, 0.2) is 22.8 Å². The minimum absolute atomic E-state index is 0.238. The average Bonchev–Trinajstić information content (AvgIpc) is 2.47. The van der Waals surface area contributed by atoms with E-state index in [0.717, 1.165) is 15.4 Å². The molecule has 4 N–H and O–H groups in total. The number of fused-ring (bicyclic) bond motifs is 1. The summed E-state index contributed by atoms with van der Waals surface area (Å²) >= 11 is 9.13. The molecule has 0 atom stereocenters. The Balaban J connectivity index is 0.000000249. The zero-order chi connectivity index (χ0) is 13.2. The van der Waals surface area contributed by atoms with Gasteiger partial charge in [0, 0.05) is 16.1 Å². The third-order valence-corrected chi connectivity index (χ3v) is 2.90. The van der Waals surface area contributed by atoms with Crippen LogP contribution in [-0.2, 0) is 10.4 Å². The highest BCUT2D eigenvalue weighted by atomic mass is 79.9. The largest absolute Gasteiger partial charge is 0.506 e. The summed E-state index contributed by atoms with van der Waals surface area (Å²) in [5, 5.41) is 10.7. The number of nitrogens with one attached hydrogen (secondary N) is 1. The van der Waals surface area contributed by atoms with Crippen molar-refractivity contribution in [2.24, 2.45) is 0 Å². The van der Waals surface area contributed by atoms with Crippen molar-refractivity contribution in [3.63, 3.8) is 0 Å². The van der Waals surface area contributed by atoms with E-state index in [2.05, 4.69) is 20.9 Å². The minimum Gasteiger partial charge on any atom is -0.506 e. The first-order valence-corrected chi connectivity index (χ1v) is 6.60. The fourth-order valence-electron chi connectivity index (χ4n) is 1.10. The van der Waals surface area contributed by atoms with Crippen LogP contribution in [0, 0.1) is 0 Å².